The van der Waals surface area contributed by atoms with Crippen molar-refractivity contribution in [1.82, 2.24) is 10.3 Å². The number of hydrogen-bond donors (Lipinski definition) is 2. The minimum absolute atomic E-state index is 0.165. The van der Waals surface area contributed by atoms with Crippen molar-refractivity contribution in [3.05, 3.63) is 59.9 Å². The van der Waals surface area contributed by atoms with E-state index in [2.05, 4.69) is 15.6 Å². The average molecular weight is 341 g/mol. The van der Waals surface area contributed by atoms with Crippen molar-refractivity contribution in [1.29, 1.82) is 0 Å². The third kappa shape index (κ3) is 6.35. The Bertz CT molecular complexity index is 704. The lowest BCUT2D eigenvalue weighted by molar-refractivity contribution is -0.114. The monoisotopic (exact) mass is 341 g/mol. The van der Waals surface area contributed by atoms with Gasteiger partial charge in [0.1, 0.15) is 0 Å². The fourth-order valence-corrected chi connectivity index (χ4v) is 2.25. The summed E-state index contributed by atoms with van der Waals surface area (Å²) in [5, 5.41) is 5.47. The number of aromatic nitrogens is 1. The number of pyridine rings is 1. The SMILES string of the molecule is CC(=O)Nc1cnccc1C(=O)NCC(C)COCc1ccccc1. The molecule has 0 aliphatic heterocycles. The van der Waals surface area contributed by atoms with Crippen LogP contribution in [-0.2, 0) is 16.1 Å². The summed E-state index contributed by atoms with van der Waals surface area (Å²) in [4.78, 5) is 27.4. The Morgan fingerprint density at radius 2 is 1.96 bits per heavy atom. The molecule has 0 spiro atoms. The molecule has 0 aliphatic rings. The first-order valence-corrected chi connectivity index (χ1v) is 8.17. The number of ether oxygens (including phenoxy) is 1. The van der Waals surface area contributed by atoms with E-state index in [1.807, 2.05) is 37.3 Å². The summed E-state index contributed by atoms with van der Waals surface area (Å²) >= 11 is 0. The predicted molar refractivity (Wildman–Crippen MR) is 96.1 cm³/mol. The highest BCUT2D eigenvalue weighted by Crippen LogP contribution is 2.13. The lowest BCUT2D eigenvalue weighted by Crippen LogP contribution is -2.30. The molecule has 1 aromatic heterocycles. The normalized spacial score (nSPS) is 11.6. The molecule has 0 saturated heterocycles. The first kappa shape index (κ1) is 18.6. The van der Waals surface area contributed by atoms with Crippen molar-refractivity contribution >= 4 is 17.5 Å². The molecule has 1 unspecified atom stereocenters. The van der Waals surface area contributed by atoms with E-state index in [9.17, 15) is 9.59 Å². The molecule has 0 aliphatic carbocycles. The Morgan fingerprint density at radius 3 is 2.68 bits per heavy atom. The lowest BCUT2D eigenvalue weighted by Gasteiger charge is -2.14. The Morgan fingerprint density at radius 1 is 1.20 bits per heavy atom. The standard InChI is InChI=1S/C19H23N3O3/c1-14(12-25-13-16-6-4-3-5-7-16)10-21-19(24)17-8-9-20-11-18(17)22-15(2)23/h3-9,11,14H,10,12-13H2,1-2H3,(H,21,24)(H,22,23). The van der Waals surface area contributed by atoms with E-state index >= 15 is 0 Å². The molecule has 1 aromatic carbocycles. The van der Waals surface area contributed by atoms with E-state index in [1.54, 1.807) is 6.07 Å². The zero-order chi connectivity index (χ0) is 18.1. The van der Waals surface area contributed by atoms with Crippen molar-refractivity contribution in [2.24, 2.45) is 5.92 Å². The van der Waals surface area contributed by atoms with E-state index in [1.165, 1.54) is 19.3 Å². The van der Waals surface area contributed by atoms with Crippen LogP contribution in [0.15, 0.2) is 48.8 Å². The lowest BCUT2D eigenvalue weighted by atomic mass is 10.1. The van der Waals surface area contributed by atoms with Crippen LogP contribution in [0.5, 0.6) is 0 Å². The smallest absolute Gasteiger partial charge is 0.253 e. The van der Waals surface area contributed by atoms with Gasteiger partial charge in [-0.2, -0.15) is 0 Å². The van der Waals surface area contributed by atoms with Crippen molar-refractivity contribution in [3.63, 3.8) is 0 Å². The summed E-state index contributed by atoms with van der Waals surface area (Å²) in [6.07, 6.45) is 2.98. The Hall–Kier alpha value is -2.73. The summed E-state index contributed by atoms with van der Waals surface area (Å²) < 4.78 is 5.68. The molecule has 2 amide bonds. The van der Waals surface area contributed by atoms with Gasteiger partial charge < -0.3 is 15.4 Å². The van der Waals surface area contributed by atoms with Crippen molar-refractivity contribution in [3.8, 4) is 0 Å². The average Bonchev–Trinajstić information content (AvgIpc) is 2.60. The van der Waals surface area contributed by atoms with Crippen molar-refractivity contribution in [2.75, 3.05) is 18.5 Å². The Kier molecular flexibility index (Phi) is 7.10. The van der Waals surface area contributed by atoms with Gasteiger partial charge in [0, 0.05) is 19.7 Å². The van der Waals surface area contributed by atoms with Crippen LogP contribution in [0.4, 0.5) is 5.69 Å². The minimum atomic E-state index is -0.249. The zero-order valence-electron chi connectivity index (χ0n) is 14.5. The molecule has 0 fully saturated rings. The molecular weight excluding hydrogens is 318 g/mol. The van der Waals surface area contributed by atoms with Gasteiger partial charge in [0.25, 0.3) is 5.91 Å². The molecular formula is C19H23N3O3. The second-order valence-corrected chi connectivity index (χ2v) is 5.92. The predicted octanol–water partition coefficient (Wildman–Crippen LogP) is 2.62. The molecule has 0 radical (unpaired) electrons. The van der Waals surface area contributed by atoms with Crippen LogP contribution in [0.2, 0.25) is 0 Å². The number of amides is 2. The molecule has 6 heteroatoms. The summed E-state index contributed by atoms with van der Waals surface area (Å²) in [6.45, 7) is 4.98. The minimum Gasteiger partial charge on any atom is -0.376 e. The third-order valence-corrected chi connectivity index (χ3v) is 3.50. The van der Waals surface area contributed by atoms with Gasteiger partial charge in [0.2, 0.25) is 5.91 Å². The molecule has 1 heterocycles. The topological polar surface area (TPSA) is 80.3 Å². The summed E-state index contributed by atoms with van der Waals surface area (Å²) in [5.74, 6) is -0.329. The number of nitrogens with zero attached hydrogens (tertiary/aromatic N) is 1. The fourth-order valence-electron chi connectivity index (χ4n) is 2.25. The molecule has 1 atom stereocenters. The highest BCUT2D eigenvalue weighted by atomic mass is 16.5. The number of hydrogen-bond acceptors (Lipinski definition) is 4. The molecule has 132 valence electrons. The first-order valence-electron chi connectivity index (χ1n) is 8.17. The van der Waals surface area contributed by atoms with Crippen LogP contribution >= 0.6 is 0 Å². The summed E-state index contributed by atoms with van der Waals surface area (Å²) in [7, 11) is 0. The number of rotatable bonds is 8. The molecule has 25 heavy (non-hydrogen) atoms. The van der Waals surface area contributed by atoms with Gasteiger partial charge in [-0.3, -0.25) is 14.6 Å². The number of nitrogens with one attached hydrogen (secondary N) is 2. The zero-order valence-corrected chi connectivity index (χ0v) is 14.5. The number of benzene rings is 1. The number of carbonyl (C=O) groups excluding carboxylic acids is 2. The van der Waals surface area contributed by atoms with E-state index in [0.717, 1.165) is 5.56 Å². The van der Waals surface area contributed by atoms with Crippen LogP contribution in [0.3, 0.4) is 0 Å². The molecule has 2 rings (SSSR count). The Balaban J connectivity index is 1.78. The molecule has 6 nitrogen and oxygen atoms in total. The summed E-state index contributed by atoms with van der Waals surface area (Å²) in [5.41, 5.74) is 1.92. The van der Waals surface area contributed by atoms with E-state index in [0.29, 0.717) is 31.0 Å². The van der Waals surface area contributed by atoms with Gasteiger partial charge in [-0.25, -0.2) is 0 Å². The Labute approximate surface area is 147 Å². The van der Waals surface area contributed by atoms with Gasteiger partial charge >= 0.3 is 0 Å². The molecule has 0 bridgehead atoms. The van der Waals surface area contributed by atoms with E-state index in [-0.39, 0.29) is 17.7 Å². The summed E-state index contributed by atoms with van der Waals surface area (Å²) in [6, 6.07) is 11.5. The van der Waals surface area contributed by atoms with Gasteiger partial charge in [0.05, 0.1) is 30.7 Å². The number of carbonyl (C=O) groups is 2. The van der Waals surface area contributed by atoms with Crippen LogP contribution in [0, 0.1) is 5.92 Å². The third-order valence-electron chi connectivity index (χ3n) is 3.50. The number of anilines is 1. The van der Waals surface area contributed by atoms with E-state index < -0.39 is 0 Å². The van der Waals surface area contributed by atoms with Gasteiger partial charge in [-0.05, 0) is 17.5 Å². The highest BCUT2D eigenvalue weighted by molar-refractivity contribution is 6.03. The molecule has 0 saturated carbocycles. The maximum atomic E-state index is 12.3. The molecule has 2 N–H and O–H groups in total. The van der Waals surface area contributed by atoms with Crippen LogP contribution in [0.25, 0.3) is 0 Å². The molecule has 2 aromatic rings. The van der Waals surface area contributed by atoms with Crippen LogP contribution in [0.1, 0.15) is 29.8 Å². The van der Waals surface area contributed by atoms with Crippen molar-refractivity contribution < 1.29 is 14.3 Å². The highest BCUT2D eigenvalue weighted by Gasteiger charge is 2.13. The first-order chi connectivity index (χ1) is 12.1. The van der Waals surface area contributed by atoms with Crippen molar-refractivity contribution in [2.45, 2.75) is 20.5 Å². The second-order valence-electron chi connectivity index (χ2n) is 5.92. The van der Waals surface area contributed by atoms with Crippen LogP contribution in [-0.4, -0.2) is 29.9 Å². The van der Waals surface area contributed by atoms with Crippen LogP contribution < -0.4 is 10.6 Å². The second kappa shape index (κ2) is 9.54. The largest absolute Gasteiger partial charge is 0.376 e. The van der Waals surface area contributed by atoms with Gasteiger partial charge in [-0.15, -0.1) is 0 Å². The maximum Gasteiger partial charge on any atom is 0.253 e. The van der Waals surface area contributed by atoms with Gasteiger partial charge in [0.15, 0.2) is 0 Å². The van der Waals surface area contributed by atoms with E-state index in [4.69, 9.17) is 4.74 Å². The maximum absolute atomic E-state index is 12.3. The van der Waals surface area contributed by atoms with Gasteiger partial charge in [-0.1, -0.05) is 37.3 Å². The quantitative estimate of drug-likeness (QED) is 0.773. The fraction of sp³-hybridized carbons (Fsp3) is 0.316.